The molecule has 6 heteroatoms. The standard InChI is InChI=1S/C25H33N3O3/c1-15-8-19(18(4)28(15)16(2)14-30-7)10-20(13-26)24(29)27-22-11-25(5,6)12-23-21(22)9-17(3)31-23/h8-10,16,22H,11-12,14H2,1-7H3,(H,27,29)/b20-10+. The Balaban J connectivity index is 1.87. The zero-order chi connectivity index (χ0) is 22.9. The van der Waals surface area contributed by atoms with E-state index in [1.165, 1.54) is 0 Å². The second-order valence-corrected chi connectivity index (χ2v) is 9.48. The molecular weight excluding hydrogens is 390 g/mol. The Kier molecular flexibility index (Phi) is 6.47. The highest BCUT2D eigenvalue weighted by Crippen LogP contribution is 2.42. The number of nitriles is 1. The van der Waals surface area contributed by atoms with E-state index in [-0.39, 0.29) is 29.0 Å². The quantitative estimate of drug-likeness (QED) is 0.526. The van der Waals surface area contributed by atoms with Gasteiger partial charge in [-0.3, -0.25) is 4.79 Å². The van der Waals surface area contributed by atoms with E-state index in [1.54, 1.807) is 13.2 Å². The van der Waals surface area contributed by atoms with Crippen molar-refractivity contribution >= 4 is 12.0 Å². The van der Waals surface area contributed by atoms with Crippen molar-refractivity contribution in [1.29, 1.82) is 5.26 Å². The van der Waals surface area contributed by atoms with Gasteiger partial charge in [-0.15, -0.1) is 0 Å². The number of amides is 1. The summed E-state index contributed by atoms with van der Waals surface area (Å²) in [4.78, 5) is 13.1. The van der Waals surface area contributed by atoms with Crippen LogP contribution in [0.15, 0.2) is 22.1 Å². The number of nitrogens with zero attached hydrogens (tertiary/aromatic N) is 2. The third kappa shape index (κ3) is 4.77. The van der Waals surface area contributed by atoms with Crippen molar-refractivity contribution < 1.29 is 13.9 Å². The second-order valence-electron chi connectivity index (χ2n) is 9.48. The van der Waals surface area contributed by atoms with E-state index in [0.29, 0.717) is 6.61 Å². The van der Waals surface area contributed by atoms with Gasteiger partial charge in [0.1, 0.15) is 23.2 Å². The van der Waals surface area contributed by atoms with Crippen LogP contribution in [0, 0.1) is 37.5 Å². The maximum absolute atomic E-state index is 13.1. The molecule has 31 heavy (non-hydrogen) atoms. The molecule has 1 aliphatic rings. The largest absolute Gasteiger partial charge is 0.466 e. The number of aromatic nitrogens is 1. The lowest BCUT2D eigenvalue weighted by Crippen LogP contribution is -2.36. The number of carbonyl (C=O) groups excluding carboxylic acids is 1. The number of furan rings is 1. The Labute approximate surface area is 184 Å². The van der Waals surface area contributed by atoms with Gasteiger partial charge in [0.25, 0.3) is 5.91 Å². The summed E-state index contributed by atoms with van der Waals surface area (Å²) in [6.07, 6.45) is 3.32. The molecule has 2 heterocycles. The van der Waals surface area contributed by atoms with E-state index in [9.17, 15) is 10.1 Å². The topological polar surface area (TPSA) is 80.2 Å². The number of hydrogen-bond donors (Lipinski definition) is 1. The summed E-state index contributed by atoms with van der Waals surface area (Å²) in [6, 6.07) is 6.09. The molecule has 2 aromatic heterocycles. The zero-order valence-electron chi connectivity index (χ0n) is 19.6. The molecule has 0 radical (unpaired) electrons. The number of hydrogen-bond acceptors (Lipinski definition) is 4. The third-order valence-corrected chi connectivity index (χ3v) is 6.08. The van der Waals surface area contributed by atoms with Gasteiger partial charge in [0.05, 0.1) is 18.7 Å². The lowest BCUT2D eigenvalue weighted by molar-refractivity contribution is -0.118. The van der Waals surface area contributed by atoms with E-state index >= 15 is 0 Å². The van der Waals surface area contributed by atoms with Crippen molar-refractivity contribution in [1.82, 2.24) is 9.88 Å². The maximum atomic E-state index is 13.1. The van der Waals surface area contributed by atoms with Crippen LogP contribution < -0.4 is 5.32 Å². The van der Waals surface area contributed by atoms with Crippen LogP contribution in [-0.4, -0.2) is 24.2 Å². The minimum atomic E-state index is -0.357. The van der Waals surface area contributed by atoms with Crippen LogP contribution >= 0.6 is 0 Å². The van der Waals surface area contributed by atoms with Crippen molar-refractivity contribution in [3.8, 4) is 6.07 Å². The molecule has 6 nitrogen and oxygen atoms in total. The molecule has 0 bridgehead atoms. The van der Waals surface area contributed by atoms with Crippen LogP contribution in [0.25, 0.3) is 6.08 Å². The molecular formula is C25H33N3O3. The van der Waals surface area contributed by atoms with E-state index in [1.807, 2.05) is 32.9 Å². The van der Waals surface area contributed by atoms with Crippen molar-refractivity contribution in [2.45, 2.75) is 66.5 Å². The van der Waals surface area contributed by atoms with Gasteiger partial charge in [-0.1, -0.05) is 13.8 Å². The van der Waals surface area contributed by atoms with Crippen LogP contribution in [0.5, 0.6) is 0 Å². The first-order chi connectivity index (χ1) is 14.6. The molecule has 1 aliphatic carbocycles. The summed E-state index contributed by atoms with van der Waals surface area (Å²) < 4.78 is 13.3. The summed E-state index contributed by atoms with van der Waals surface area (Å²) in [6.45, 7) is 13.0. The summed E-state index contributed by atoms with van der Waals surface area (Å²) >= 11 is 0. The first-order valence-corrected chi connectivity index (χ1v) is 10.8. The fourth-order valence-corrected chi connectivity index (χ4v) is 4.80. The van der Waals surface area contributed by atoms with Gasteiger partial charge >= 0.3 is 0 Å². The highest BCUT2D eigenvalue weighted by atomic mass is 16.5. The van der Waals surface area contributed by atoms with E-state index in [2.05, 4.69) is 36.7 Å². The first-order valence-electron chi connectivity index (χ1n) is 10.8. The van der Waals surface area contributed by atoms with E-state index < -0.39 is 0 Å². The SMILES string of the molecule is COCC(C)n1c(C)cc(/C=C(\C#N)C(=O)NC2CC(C)(C)Cc3oc(C)cc32)c1C. The summed E-state index contributed by atoms with van der Waals surface area (Å²) in [5.74, 6) is 1.41. The normalized spacial score (nSPS) is 18.9. The molecule has 0 saturated heterocycles. The van der Waals surface area contributed by atoms with Crippen molar-refractivity contribution in [2.24, 2.45) is 5.41 Å². The Bertz CT molecular complexity index is 1050. The number of aryl methyl sites for hydroxylation is 2. The number of fused-ring (bicyclic) bond motifs is 1. The summed E-state index contributed by atoms with van der Waals surface area (Å²) in [5, 5.41) is 12.8. The van der Waals surface area contributed by atoms with Crippen LogP contribution in [0.3, 0.4) is 0 Å². The third-order valence-electron chi connectivity index (χ3n) is 6.08. The number of ether oxygens (including phenoxy) is 1. The molecule has 166 valence electrons. The van der Waals surface area contributed by atoms with Gasteiger partial charge in [0.15, 0.2) is 0 Å². The molecule has 2 unspecified atom stereocenters. The van der Waals surface area contributed by atoms with E-state index in [4.69, 9.17) is 9.15 Å². The Morgan fingerprint density at radius 2 is 2.13 bits per heavy atom. The van der Waals surface area contributed by atoms with Gasteiger partial charge in [-0.2, -0.15) is 5.26 Å². The lowest BCUT2D eigenvalue weighted by atomic mass is 9.74. The fraction of sp³-hybridized carbons (Fsp3) is 0.520. The average Bonchev–Trinajstić information content (AvgIpc) is 3.17. The monoisotopic (exact) mass is 423 g/mol. The molecule has 2 aromatic rings. The first kappa shape index (κ1) is 22.9. The van der Waals surface area contributed by atoms with Gasteiger partial charge in [0, 0.05) is 30.5 Å². The highest BCUT2D eigenvalue weighted by Gasteiger charge is 2.36. The van der Waals surface area contributed by atoms with Gasteiger partial charge < -0.3 is 19.0 Å². The minimum Gasteiger partial charge on any atom is -0.466 e. The van der Waals surface area contributed by atoms with E-state index in [0.717, 1.165) is 46.9 Å². The van der Waals surface area contributed by atoms with Gasteiger partial charge in [-0.05, 0) is 63.3 Å². The molecule has 1 N–H and O–H groups in total. The van der Waals surface area contributed by atoms with Crippen LogP contribution in [0.4, 0.5) is 0 Å². The number of nitrogens with one attached hydrogen (secondary N) is 1. The second kappa shape index (κ2) is 8.76. The maximum Gasteiger partial charge on any atom is 0.262 e. The fourth-order valence-electron chi connectivity index (χ4n) is 4.80. The lowest BCUT2D eigenvalue weighted by Gasteiger charge is -2.34. The molecule has 0 spiro atoms. The van der Waals surface area contributed by atoms with Crippen LogP contribution in [-0.2, 0) is 16.0 Å². The molecule has 0 fully saturated rings. The van der Waals surface area contributed by atoms with Gasteiger partial charge in [0.2, 0.25) is 0 Å². The predicted molar refractivity (Wildman–Crippen MR) is 121 cm³/mol. The molecule has 1 amide bonds. The van der Waals surface area contributed by atoms with Crippen LogP contribution in [0.2, 0.25) is 0 Å². The van der Waals surface area contributed by atoms with Crippen molar-refractivity contribution in [3.63, 3.8) is 0 Å². The zero-order valence-corrected chi connectivity index (χ0v) is 19.6. The molecule has 3 rings (SSSR count). The molecule has 0 saturated carbocycles. The van der Waals surface area contributed by atoms with Gasteiger partial charge in [-0.25, -0.2) is 0 Å². The average molecular weight is 424 g/mol. The number of methoxy groups -OCH3 is 1. The number of carbonyl (C=O) groups is 1. The summed E-state index contributed by atoms with van der Waals surface area (Å²) in [5.41, 5.74) is 4.08. The highest BCUT2D eigenvalue weighted by molar-refractivity contribution is 6.02. The molecule has 2 atom stereocenters. The Hall–Kier alpha value is -2.78. The Morgan fingerprint density at radius 1 is 1.42 bits per heavy atom. The molecule has 0 aromatic carbocycles. The smallest absolute Gasteiger partial charge is 0.262 e. The number of rotatable bonds is 6. The predicted octanol–water partition coefficient (Wildman–Crippen LogP) is 4.95. The minimum absolute atomic E-state index is 0.00810. The van der Waals surface area contributed by atoms with Crippen LogP contribution in [0.1, 0.15) is 73.3 Å². The Morgan fingerprint density at radius 3 is 2.77 bits per heavy atom. The van der Waals surface area contributed by atoms with Crippen molar-refractivity contribution in [2.75, 3.05) is 13.7 Å². The molecule has 0 aliphatic heterocycles. The van der Waals surface area contributed by atoms with Crippen molar-refractivity contribution in [3.05, 3.63) is 51.7 Å². The summed E-state index contributed by atoms with van der Waals surface area (Å²) in [7, 11) is 1.68.